The van der Waals surface area contributed by atoms with Crippen LogP contribution in [0.5, 0.6) is 0 Å². The van der Waals surface area contributed by atoms with Crippen LogP contribution < -0.4 is 0 Å². The van der Waals surface area contributed by atoms with E-state index in [2.05, 4.69) is 206 Å². The summed E-state index contributed by atoms with van der Waals surface area (Å²) in [5, 5.41) is 8.31. The number of aromatic nitrogens is 2. The molecule has 0 spiro atoms. The summed E-state index contributed by atoms with van der Waals surface area (Å²) in [4.78, 5) is 10.7. The van der Waals surface area contributed by atoms with Crippen LogP contribution in [0.15, 0.2) is 218 Å². The highest BCUT2D eigenvalue weighted by molar-refractivity contribution is 6.18. The van der Waals surface area contributed by atoms with E-state index in [0.29, 0.717) is 0 Å². The molecule has 2 nitrogen and oxygen atoms in total. The lowest BCUT2D eigenvalue weighted by atomic mass is 9.88. The topological polar surface area (TPSA) is 25.8 Å². The summed E-state index contributed by atoms with van der Waals surface area (Å²) in [7, 11) is 0. The summed E-state index contributed by atoms with van der Waals surface area (Å²) >= 11 is 0. The molecule has 0 bridgehead atoms. The molecule has 0 saturated heterocycles. The van der Waals surface area contributed by atoms with E-state index < -0.39 is 0 Å². The molecule has 0 N–H and O–H groups in total. The van der Waals surface area contributed by atoms with E-state index >= 15 is 0 Å². The second-order valence-corrected chi connectivity index (χ2v) is 14.9. The molecule has 0 saturated carbocycles. The molecule has 58 heavy (non-hydrogen) atoms. The molecule has 0 fully saturated rings. The van der Waals surface area contributed by atoms with Crippen LogP contribution in [-0.2, 0) is 0 Å². The standard InChI is InChI=1S/C56H36N2/c1-3-17-41(18-4-1)53-33-43(34-54(57-53)42-19-5-2-6-20-42)37-29-31-40(32-30-37)50-36-55(48-28-14-22-39-16-8-10-24-45(39)48)58-56-49-26-12-11-25-47(49)51(35-52(50)56)46-27-13-21-38-15-7-9-23-44(38)46/h1-36H. The van der Waals surface area contributed by atoms with Crippen molar-refractivity contribution >= 4 is 43.2 Å². The highest BCUT2D eigenvalue weighted by Gasteiger charge is 2.18. The molecule has 2 heterocycles. The third-order valence-electron chi connectivity index (χ3n) is 11.5. The van der Waals surface area contributed by atoms with Crippen LogP contribution in [0.4, 0.5) is 0 Å². The molecular formula is C56H36N2. The maximum absolute atomic E-state index is 5.54. The molecule has 2 heteroatoms. The monoisotopic (exact) mass is 736 g/mol. The van der Waals surface area contributed by atoms with Crippen molar-refractivity contribution in [3.05, 3.63) is 218 Å². The number of fused-ring (bicyclic) bond motifs is 5. The second-order valence-electron chi connectivity index (χ2n) is 14.9. The highest BCUT2D eigenvalue weighted by atomic mass is 14.7. The van der Waals surface area contributed by atoms with Crippen molar-refractivity contribution in [1.82, 2.24) is 9.97 Å². The van der Waals surface area contributed by atoms with E-state index in [4.69, 9.17) is 9.97 Å². The maximum atomic E-state index is 5.54. The van der Waals surface area contributed by atoms with Crippen LogP contribution in [0.2, 0.25) is 0 Å². The number of benzene rings is 9. The fraction of sp³-hybridized carbons (Fsp3) is 0. The minimum absolute atomic E-state index is 0.953. The highest BCUT2D eigenvalue weighted by Crippen LogP contribution is 2.43. The van der Waals surface area contributed by atoms with Crippen molar-refractivity contribution in [2.24, 2.45) is 0 Å². The van der Waals surface area contributed by atoms with Gasteiger partial charge in [-0.2, -0.15) is 0 Å². The lowest BCUT2D eigenvalue weighted by Crippen LogP contribution is -1.94. The van der Waals surface area contributed by atoms with Crippen molar-refractivity contribution in [3.8, 4) is 67.2 Å². The van der Waals surface area contributed by atoms with Crippen molar-refractivity contribution in [2.75, 3.05) is 0 Å². The fourth-order valence-corrected chi connectivity index (χ4v) is 8.61. The molecule has 0 radical (unpaired) electrons. The van der Waals surface area contributed by atoms with E-state index in [1.807, 2.05) is 12.1 Å². The van der Waals surface area contributed by atoms with Gasteiger partial charge in [-0.15, -0.1) is 0 Å². The summed E-state index contributed by atoms with van der Waals surface area (Å²) in [6.07, 6.45) is 0. The predicted octanol–water partition coefficient (Wildman–Crippen LogP) is 15.1. The van der Waals surface area contributed by atoms with Gasteiger partial charge in [-0.1, -0.05) is 194 Å². The van der Waals surface area contributed by atoms with Crippen LogP contribution in [0.3, 0.4) is 0 Å². The van der Waals surface area contributed by atoms with Gasteiger partial charge in [0, 0.05) is 27.5 Å². The van der Waals surface area contributed by atoms with Crippen LogP contribution in [0.25, 0.3) is 110 Å². The van der Waals surface area contributed by atoms with E-state index in [-0.39, 0.29) is 0 Å². The van der Waals surface area contributed by atoms with Crippen LogP contribution in [0, 0.1) is 0 Å². The zero-order valence-corrected chi connectivity index (χ0v) is 31.7. The van der Waals surface area contributed by atoms with E-state index in [9.17, 15) is 0 Å². The minimum Gasteiger partial charge on any atom is -0.248 e. The molecule has 270 valence electrons. The lowest BCUT2D eigenvalue weighted by Gasteiger charge is -2.17. The molecule has 0 atom stereocenters. The molecule has 0 aliphatic heterocycles. The summed E-state index contributed by atoms with van der Waals surface area (Å²) in [5.41, 5.74) is 14.1. The smallest absolute Gasteiger partial charge is 0.0794 e. The van der Waals surface area contributed by atoms with E-state index in [1.54, 1.807) is 0 Å². The molecular weight excluding hydrogens is 701 g/mol. The molecule has 11 aromatic rings. The van der Waals surface area contributed by atoms with Gasteiger partial charge in [-0.25, -0.2) is 9.97 Å². The van der Waals surface area contributed by atoms with Crippen LogP contribution in [-0.4, -0.2) is 9.97 Å². The minimum atomic E-state index is 0.953. The Morgan fingerprint density at radius 1 is 0.224 bits per heavy atom. The Labute approximate surface area is 337 Å². The molecule has 0 aliphatic rings. The van der Waals surface area contributed by atoms with Gasteiger partial charge in [0.1, 0.15) is 0 Å². The summed E-state index contributed by atoms with van der Waals surface area (Å²) < 4.78 is 0. The lowest BCUT2D eigenvalue weighted by molar-refractivity contribution is 1.32. The first kappa shape index (κ1) is 33.6. The Kier molecular flexibility index (Phi) is 8.19. The largest absolute Gasteiger partial charge is 0.248 e. The fourth-order valence-electron chi connectivity index (χ4n) is 8.61. The Morgan fingerprint density at radius 2 is 0.724 bits per heavy atom. The van der Waals surface area contributed by atoms with Gasteiger partial charge in [-0.05, 0) is 84.6 Å². The molecule has 0 unspecified atom stereocenters. The van der Waals surface area contributed by atoms with E-state index in [1.165, 1.54) is 38.1 Å². The Morgan fingerprint density at radius 3 is 1.36 bits per heavy atom. The number of hydrogen-bond acceptors (Lipinski definition) is 2. The van der Waals surface area contributed by atoms with Crippen LogP contribution >= 0.6 is 0 Å². The second kappa shape index (κ2) is 14.1. The maximum Gasteiger partial charge on any atom is 0.0794 e. The van der Waals surface area contributed by atoms with E-state index in [0.717, 1.165) is 72.3 Å². The predicted molar refractivity (Wildman–Crippen MR) is 245 cm³/mol. The first-order valence-electron chi connectivity index (χ1n) is 19.8. The molecule has 0 amide bonds. The average molecular weight is 737 g/mol. The Hall–Kier alpha value is -7.68. The van der Waals surface area contributed by atoms with Crippen LogP contribution in [0.1, 0.15) is 0 Å². The summed E-state index contributed by atoms with van der Waals surface area (Å²) in [5.74, 6) is 0. The number of rotatable bonds is 6. The number of hydrogen-bond donors (Lipinski definition) is 0. The van der Waals surface area contributed by atoms with Gasteiger partial charge in [0.05, 0.1) is 22.6 Å². The number of nitrogens with zero attached hydrogens (tertiary/aromatic N) is 2. The van der Waals surface area contributed by atoms with Crippen molar-refractivity contribution < 1.29 is 0 Å². The van der Waals surface area contributed by atoms with Gasteiger partial charge >= 0.3 is 0 Å². The molecule has 0 aliphatic carbocycles. The SMILES string of the molecule is c1ccc(-c2cc(-c3ccc(-c4cc(-c5cccc6ccccc56)nc5c4cc(-c4cccc6ccccc46)c4ccccc45)cc3)cc(-c3ccccc3)n2)cc1. The molecule has 9 aromatic carbocycles. The van der Waals surface area contributed by atoms with Crippen molar-refractivity contribution in [2.45, 2.75) is 0 Å². The van der Waals surface area contributed by atoms with Gasteiger partial charge in [-0.3, -0.25) is 0 Å². The van der Waals surface area contributed by atoms with Gasteiger partial charge in [0.2, 0.25) is 0 Å². The normalized spacial score (nSPS) is 11.4. The van der Waals surface area contributed by atoms with Crippen molar-refractivity contribution in [1.29, 1.82) is 0 Å². The number of pyridine rings is 2. The Bertz CT molecular complexity index is 3250. The molecule has 11 rings (SSSR count). The van der Waals surface area contributed by atoms with Gasteiger partial charge in [0.15, 0.2) is 0 Å². The molecule has 2 aromatic heterocycles. The zero-order chi connectivity index (χ0) is 38.4. The third-order valence-corrected chi connectivity index (χ3v) is 11.5. The van der Waals surface area contributed by atoms with Gasteiger partial charge in [0.25, 0.3) is 0 Å². The first-order chi connectivity index (χ1) is 28.7. The summed E-state index contributed by atoms with van der Waals surface area (Å²) in [6, 6.07) is 78.2. The Balaban J connectivity index is 1.14. The quantitative estimate of drug-likeness (QED) is 0.159. The van der Waals surface area contributed by atoms with Gasteiger partial charge < -0.3 is 0 Å². The van der Waals surface area contributed by atoms with Crippen molar-refractivity contribution in [3.63, 3.8) is 0 Å². The third kappa shape index (κ3) is 5.91. The zero-order valence-electron chi connectivity index (χ0n) is 31.7. The summed E-state index contributed by atoms with van der Waals surface area (Å²) in [6.45, 7) is 0. The first-order valence-corrected chi connectivity index (χ1v) is 19.8. The average Bonchev–Trinajstić information content (AvgIpc) is 3.31.